The third-order valence-electron chi connectivity index (χ3n) is 5.97. The van der Waals surface area contributed by atoms with Crippen molar-refractivity contribution in [3.63, 3.8) is 0 Å². The van der Waals surface area contributed by atoms with E-state index in [1.807, 2.05) is 17.0 Å². The molecule has 1 saturated heterocycles. The molecule has 0 unspecified atom stereocenters. The number of rotatable bonds is 4. The van der Waals surface area contributed by atoms with Crippen molar-refractivity contribution in [3.8, 4) is 0 Å². The van der Waals surface area contributed by atoms with Crippen LogP contribution >= 0.6 is 0 Å². The van der Waals surface area contributed by atoms with Crippen LogP contribution in [0.5, 0.6) is 0 Å². The van der Waals surface area contributed by atoms with Crippen LogP contribution in [0.25, 0.3) is 0 Å². The molecule has 2 aliphatic heterocycles. The number of hydrogen-bond acceptors (Lipinski definition) is 2. The largest absolute Gasteiger partial charge is 0.348 e. The lowest BCUT2D eigenvalue weighted by Crippen LogP contribution is -2.42. The molecule has 1 atom stereocenters. The number of nitrogens with zero attached hydrogens (tertiary/aromatic N) is 3. The Kier molecular flexibility index (Phi) is 5.48. The van der Waals surface area contributed by atoms with Crippen LogP contribution in [-0.4, -0.2) is 46.6 Å². The summed E-state index contributed by atoms with van der Waals surface area (Å²) in [7, 11) is 0. The molecule has 4 rings (SSSR count). The molecule has 144 valence electrons. The van der Waals surface area contributed by atoms with Gasteiger partial charge in [-0.1, -0.05) is 18.6 Å². The fourth-order valence-electron chi connectivity index (χ4n) is 4.28. The molecule has 1 fully saturated rings. The summed E-state index contributed by atoms with van der Waals surface area (Å²) < 4.78 is 2.23. The van der Waals surface area contributed by atoms with Crippen LogP contribution in [0.1, 0.15) is 43.5 Å². The number of amides is 2. The molecule has 5 heteroatoms. The van der Waals surface area contributed by atoms with Gasteiger partial charge in [0.25, 0.3) is 0 Å². The molecular formula is C22H30N4O. The Bertz CT molecular complexity index is 761. The summed E-state index contributed by atoms with van der Waals surface area (Å²) in [4.78, 5) is 17.2. The summed E-state index contributed by atoms with van der Waals surface area (Å²) in [5.41, 5.74) is 3.40. The first-order chi connectivity index (χ1) is 13.2. The predicted molar refractivity (Wildman–Crippen MR) is 109 cm³/mol. The summed E-state index contributed by atoms with van der Waals surface area (Å²) in [5.74, 6) is 0. The normalized spacial score (nSPS) is 20.3. The van der Waals surface area contributed by atoms with Gasteiger partial charge >= 0.3 is 6.03 Å². The van der Waals surface area contributed by atoms with Crippen molar-refractivity contribution in [3.05, 3.63) is 53.9 Å². The van der Waals surface area contributed by atoms with E-state index in [0.717, 1.165) is 31.7 Å². The number of anilines is 1. The van der Waals surface area contributed by atoms with Crippen LogP contribution in [-0.2, 0) is 13.0 Å². The summed E-state index contributed by atoms with van der Waals surface area (Å²) >= 11 is 0. The highest BCUT2D eigenvalue weighted by Gasteiger charge is 2.27. The molecule has 2 amide bonds. The number of benzene rings is 1. The van der Waals surface area contributed by atoms with Crippen molar-refractivity contribution in [2.24, 2.45) is 0 Å². The monoisotopic (exact) mass is 366 g/mol. The Morgan fingerprint density at radius 3 is 2.59 bits per heavy atom. The van der Waals surface area contributed by atoms with E-state index in [0.29, 0.717) is 0 Å². The number of carbonyl (C=O) groups excluding carboxylic acids is 1. The minimum absolute atomic E-state index is 0.0176. The first-order valence-electron chi connectivity index (χ1n) is 10.2. The number of aromatic nitrogens is 1. The molecule has 3 heterocycles. The van der Waals surface area contributed by atoms with E-state index in [-0.39, 0.29) is 12.1 Å². The second kappa shape index (κ2) is 8.17. The van der Waals surface area contributed by atoms with E-state index < -0.39 is 0 Å². The van der Waals surface area contributed by atoms with E-state index in [1.165, 1.54) is 43.6 Å². The molecule has 5 nitrogen and oxygen atoms in total. The van der Waals surface area contributed by atoms with E-state index in [1.54, 1.807) is 0 Å². The maximum absolute atomic E-state index is 12.7. The number of carbonyl (C=O) groups is 1. The SMILES string of the molecule is C[C@@H]1c2cccn2CCN1C(=O)Nc1ccc(CCN2CCCCC2)cc1. The van der Waals surface area contributed by atoms with Crippen molar-refractivity contribution in [2.45, 2.75) is 45.2 Å². The fraction of sp³-hybridized carbons (Fsp3) is 0.500. The Morgan fingerprint density at radius 1 is 1.04 bits per heavy atom. The van der Waals surface area contributed by atoms with Crippen molar-refractivity contribution in [2.75, 3.05) is 31.5 Å². The third kappa shape index (κ3) is 4.19. The molecule has 2 aliphatic rings. The lowest BCUT2D eigenvalue weighted by Gasteiger charge is -2.34. The molecule has 1 aromatic heterocycles. The van der Waals surface area contributed by atoms with Crippen molar-refractivity contribution >= 4 is 11.7 Å². The van der Waals surface area contributed by atoms with Crippen LogP contribution < -0.4 is 5.32 Å². The highest BCUT2D eigenvalue weighted by molar-refractivity contribution is 5.89. The van der Waals surface area contributed by atoms with Gasteiger partial charge < -0.3 is 19.7 Å². The topological polar surface area (TPSA) is 40.5 Å². The predicted octanol–water partition coefficient (Wildman–Crippen LogP) is 4.13. The van der Waals surface area contributed by atoms with E-state index in [9.17, 15) is 4.79 Å². The zero-order valence-electron chi connectivity index (χ0n) is 16.2. The average molecular weight is 367 g/mol. The zero-order valence-corrected chi connectivity index (χ0v) is 16.2. The average Bonchev–Trinajstić information content (AvgIpc) is 3.18. The molecule has 0 radical (unpaired) electrons. The highest BCUT2D eigenvalue weighted by Crippen LogP contribution is 2.26. The third-order valence-corrected chi connectivity index (χ3v) is 5.97. The highest BCUT2D eigenvalue weighted by atomic mass is 16.2. The number of likely N-dealkylation sites (tertiary alicyclic amines) is 1. The first-order valence-corrected chi connectivity index (χ1v) is 10.2. The van der Waals surface area contributed by atoms with Crippen LogP contribution in [0.2, 0.25) is 0 Å². The maximum Gasteiger partial charge on any atom is 0.322 e. The summed E-state index contributed by atoms with van der Waals surface area (Å²) in [6, 6.07) is 12.6. The lowest BCUT2D eigenvalue weighted by atomic mass is 10.1. The molecule has 0 bridgehead atoms. The molecule has 1 N–H and O–H groups in total. The Labute approximate surface area is 162 Å². The van der Waals surface area contributed by atoms with Crippen molar-refractivity contribution in [1.29, 1.82) is 0 Å². The molecular weight excluding hydrogens is 336 g/mol. The summed E-state index contributed by atoms with van der Waals surface area (Å²) in [6.45, 7) is 7.31. The number of fused-ring (bicyclic) bond motifs is 1. The molecule has 1 aromatic carbocycles. The molecule has 0 aliphatic carbocycles. The van der Waals surface area contributed by atoms with Gasteiger partial charge in [0.2, 0.25) is 0 Å². The maximum atomic E-state index is 12.7. The van der Waals surface area contributed by atoms with Gasteiger partial charge in [0.15, 0.2) is 0 Å². The number of urea groups is 1. The van der Waals surface area contributed by atoms with Crippen LogP contribution in [0, 0.1) is 0 Å². The van der Waals surface area contributed by atoms with Crippen LogP contribution in [0.3, 0.4) is 0 Å². The lowest BCUT2D eigenvalue weighted by molar-refractivity contribution is 0.175. The second-order valence-electron chi connectivity index (χ2n) is 7.78. The quantitative estimate of drug-likeness (QED) is 0.884. The zero-order chi connectivity index (χ0) is 18.6. The standard InChI is InChI=1S/C22H30N4O/c1-18-21-6-5-14-25(21)16-17-26(18)22(27)23-20-9-7-19(8-10-20)11-15-24-12-3-2-4-13-24/h5-10,14,18H,2-4,11-13,15-17H2,1H3,(H,23,27)/t18-/m1/s1. The van der Waals surface area contributed by atoms with E-state index in [4.69, 9.17) is 0 Å². The number of piperidine rings is 1. The molecule has 27 heavy (non-hydrogen) atoms. The van der Waals surface area contributed by atoms with Crippen molar-refractivity contribution in [1.82, 2.24) is 14.4 Å². The fourth-order valence-corrected chi connectivity index (χ4v) is 4.28. The smallest absolute Gasteiger partial charge is 0.322 e. The Balaban J connectivity index is 1.31. The Hall–Kier alpha value is -2.27. The summed E-state index contributed by atoms with van der Waals surface area (Å²) in [6.07, 6.45) is 7.22. The Morgan fingerprint density at radius 2 is 1.81 bits per heavy atom. The first kappa shape index (κ1) is 18.1. The minimum atomic E-state index is -0.0176. The molecule has 0 saturated carbocycles. The van der Waals surface area contributed by atoms with Crippen molar-refractivity contribution < 1.29 is 4.79 Å². The minimum Gasteiger partial charge on any atom is -0.348 e. The van der Waals surface area contributed by atoms with Gasteiger partial charge in [-0.25, -0.2) is 4.79 Å². The second-order valence-corrected chi connectivity index (χ2v) is 7.78. The van der Waals surface area contributed by atoms with E-state index >= 15 is 0 Å². The van der Waals surface area contributed by atoms with Gasteiger partial charge in [-0.05, 0) is 69.1 Å². The molecule has 2 aromatic rings. The molecule has 0 spiro atoms. The van der Waals surface area contributed by atoms with Gasteiger partial charge in [-0.2, -0.15) is 0 Å². The number of nitrogens with one attached hydrogen (secondary N) is 1. The van der Waals surface area contributed by atoms with Gasteiger partial charge in [0.05, 0.1) is 6.04 Å². The van der Waals surface area contributed by atoms with Crippen LogP contribution in [0.4, 0.5) is 10.5 Å². The van der Waals surface area contributed by atoms with Crippen LogP contribution in [0.15, 0.2) is 42.6 Å². The number of hydrogen-bond donors (Lipinski definition) is 1. The van der Waals surface area contributed by atoms with E-state index in [2.05, 4.69) is 52.2 Å². The van der Waals surface area contributed by atoms with Gasteiger partial charge in [-0.3, -0.25) is 0 Å². The van der Waals surface area contributed by atoms with Gasteiger partial charge in [0, 0.05) is 37.2 Å². The summed E-state index contributed by atoms with van der Waals surface area (Å²) in [5, 5.41) is 3.07. The van der Waals surface area contributed by atoms with Gasteiger partial charge in [0.1, 0.15) is 0 Å². The van der Waals surface area contributed by atoms with Gasteiger partial charge in [-0.15, -0.1) is 0 Å².